The number of aromatic amines is 1. The first-order valence-electron chi connectivity index (χ1n) is 11.7. The molecule has 2 aromatic carbocycles. The van der Waals surface area contributed by atoms with Crippen molar-refractivity contribution in [3.63, 3.8) is 0 Å². The van der Waals surface area contributed by atoms with Crippen LogP contribution in [0.5, 0.6) is 5.75 Å². The lowest BCUT2D eigenvalue weighted by molar-refractivity contribution is -0.274. The Labute approximate surface area is 214 Å². The summed E-state index contributed by atoms with van der Waals surface area (Å²) < 4.78 is 46.1. The van der Waals surface area contributed by atoms with Crippen LogP contribution in [0.2, 0.25) is 0 Å². The number of H-pyrrole nitrogens is 1. The van der Waals surface area contributed by atoms with E-state index >= 15 is 0 Å². The predicted octanol–water partition coefficient (Wildman–Crippen LogP) is 3.69. The maximum atomic E-state index is 13.1. The van der Waals surface area contributed by atoms with Gasteiger partial charge in [-0.25, -0.2) is 4.79 Å². The Kier molecular flexibility index (Phi) is 7.79. The lowest BCUT2D eigenvalue weighted by atomic mass is 10.1. The summed E-state index contributed by atoms with van der Waals surface area (Å²) in [5.74, 6) is -1.33. The number of amides is 1. The molecule has 12 heteroatoms. The van der Waals surface area contributed by atoms with E-state index in [1.54, 1.807) is 53.5 Å². The number of benzene rings is 2. The van der Waals surface area contributed by atoms with Crippen LogP contribution in [0.15, 0.2) is 76.6 Å². The molecule has 0 bridgehead atoms. The van der Waals surface area contributed by atoms with Crippen molar-refractivity contribution in [3.05, 3.63) is 105 Å². The number of rotatable bonds is 9. The van der Waals surface area contributed by atoms with E-state index in [4.69, 9.17) is 0 Å². The van der Waals surface area contributed by atoms with E-state index in [0.717, 1.165) is 22.6 Å². The molecule has 38 heavy (non-hydrogen) atoms. The third-order valence-corrected chi connectivity index (χ3v) is 5.60. The molecular formula is C26H24F3N5O4. The molecule has 198 valence electrons. The molecule has 2 N–H and O–H groups in total. The molecule has 4 rings (SSSR count). The fourth-order valence-electron chi connectivity index (χ4n) is 3.79. The average molecular weight is 528 g/mol. The van der Waals surface area contributed by atoms with Crippen LogP contribution in [0, 0.1) is 0 Å². The van der Waals surface area contributed by atoms with Gasteiger partial charge in [-0.2, -0.15) is 5.10 Å². The van der Waals surface area contributed by atoms with Crippen LogP contribution in [0.4, 0.5) is 13.2 Å². The molecule has 0 spiro atoms. The zero-order valence-electron chi connectivity index (χ0n) is 20.3. The van der Waals surface area contributed by atoms with Crippen molar-refractivity contribution < 1.29 is 22.7 Å². The highest BCUT2D eigenvalue weighted by molar-refractivity contribution is 5.92. The number of nitrogens with one attached hydrogen (secondary N) is 2. The van der Waals surface area contributed by atoms with E-state index in [1.165, 1.54) is 12.1 Å². The summed E-state index contributed by atoms with van der Waals surface area (Å²) >= 11 is 0. The highest BCUT2D eigenvalue weighted by Crippen LogP contribution is 2.31. The summed E-state index contributed by atoms with van der Waals surface area (Å²) in [5.41, 5.74) is 0.0125. The van der Waals surface area contributed by atoms with Crippen LogP contribution in [-0.2, 0) is 19.6 Å². The Morgan fingerprint density at radius 2 is 1.84 bits per heavy atom. The van der Waals surface area contributed by atoms with Crippen LogP contribution in [0.1, 0.15) is 35.0 Å². The number of halogens is 3. The molecular weight excluding hydrogens is 503 g/mol. The van der Waals surface area contributed by atoms with Gasteiger partial charge in [0.25, 0.3) is 11.5 Å². The van der Waals surface area contributed by atoms with Gasteiger partial charge in [-0.05, 0) is 23.6 Å². The fraction of sp³-hybridized carbons (Fsp3) is 0.231. The Morgan fingerprint density at radius 3 is 2.53 bits per heavy atom. The molecule has 0 atom stereocenters. The van der Waals surface area contributed by atoms with Crippen molar-refractivity contribution in [1.29, 1.82) is 0 Å². The minimum atomic E-state index is -4.96. The average Bonchev–Trinajstić information content (AvgIpc) is 3.34. The van der Waals surface area contributed by atoms with E-state index in [9.17, 15) is 27.6 Å². The Balaban J connectivity index is 1.53. The second kappa shape index (κ2) is 11.2. The maximum absolute atomic E-state index is 13.1. The first-order valence-corrected chi connectivity index (χ1v) is 11.7. The van der Waals surface area contributed by atoms with E-state index in [0.29, 0.717) is 17.7 Å². The number of ether oxygens (including phenoxy) is 1. The highest BCUT2D eigenvalue weighted by Gasteiger charge is 2.32. The SMILES string of the molecule is CCCn1cc(-c2ccc(CNC(=O)c3cc(=O)n(Cc4ccccc4)c(=O)[nH]3)c(OC(F)(F)F)c2)cn1. The quantitative estimate of drug-likeness (QED) is 0.345. The number of nitrogens with zero attached hydrogens (tertiary/aromatic N) is 3. The minimum Gasteiger partial charge on any atom is -0.405 e. The van der Waals surface area contributed by atoms with Gasteiger partial charge in [0.15, 0.2) is 0 Å². The largest absolute Gasteiger partial charge is 0.573 e. The second-order valence-electron chi connectivity index (χ2n) is 8.44. The molecule has 2 aromatic heterocycles. The molecule has 0 aliphatic rings. The van der Waals surface area contributed by atoms with Gasteiger partial charge in [0.1, 0.15) is 11.4 Å². The fourth-order valence-corrected chi connectivity index (χ4v) is 3.79. The molecule has 2 heterocycles. The van der Waals surface area contributed by atoms with Gasteiger partial charge in [-0.15, -0.1) is 13.2 Å². The normalized spacial score (nSPS) is 11.4. The summed E-state index contributed by atoms with van der Waals surface area (Å²) in [6.45, 7) is 2.30. The predicted molar refractivity (Wildman–Crippen MR) is 133 cm³/mol. The van der Waals surface area contributed by atoms with Crippen molar-refractivity contribution >= 4 is 5.91 Å². The number of hydrogen-bond acceptors (Lipinski definition) is 5. The zero-order valence-corrected chi connectivity index (χ0v) is 20.3. The van der Waals surface area contributed by atoms with Crippen molar-refractivity contribution in [2.24, 2.45) is 0 Å². The van der Waals surface area contributed by atoms with Gasteiger partial charge in [0.05, 0.1) is 12.7 Å². The second-order valence-corrected chi connectivity index (χ2v) is 8.44. The van der Waals surface area contributed by atoms with E-state index < -0.39 is 29.3 Å². The summed E-state index contributed by atoms with van der Waals surface area (Å²) in [5, 5.41) is 6.61. The van der Waals surface area contributed by atoms with E-state index in [2.05, 4.69) is 20.1 Å². The summed E-state index contributed by atoms with van der Waals surface area (Å²) in [7, 11) is 0. The van der Waals surface area contributed by atoms with Gasteiger partial charge in [-0.1, -0.05) is 49.4 Å². The number of aryl methyl sites for hydroxylation is 1. The Bertz CT molecular complexity index is 1510. The number of alkyl halides is 3. The minimum absolute atomic E-state index is 0.0126. The molecule has 0 radical (unpaired) electrons. The smallest absolute Gasteiger partial charge is 0.405 e. The first-order chi connectivity index (χ1) is 18.1. The maximum Gasteiger partial charge on any atom is 0.573 e. The topological polar surface area (TPSA) is 111 Å². The monoisotopic (exact) mass is 527 g/mol. The van der Waals surface area contributed by atoms with Crippen molar-refractivity contribution in [3.8, 4) is 16.9 Å². The molecule has 1 amide bonds. The number of aromatic nitrogens is 4. The Morgan fingerprint density at radius 1 is 1.08 bits per heavy atom. The summed E-state index contributed by atoms with van der Waals surface area (Å²) in [6, 6.07) is 14.0. The Hall–Kier alpha value is -4.61. The first kappa shape index (κ1) is 26.5. The zero-order chi connectivity index (χ0) is 27.3. The standard InChI is InChI=1S/C26H24F3N5O4/c1-2-10-33-16-20(14-31-33)18-8-9-19(22(11-18)38-26(27,28)29)13-30-24(36)21-12-23(35)34(25(37)32-21)15-17-6-4-3-5-7-17/h3-9,11-12,14,16H,2,10,13,15H2,1H3,(H,30,36)(H,32,37). The van der Waals surface area contributed by atoms with Gasteiger partial charge in [0, 0.05) is 36.5 Å². The lowest BCUT2D eigenvalue weighted by Crippen LogP contribution is -2.38. The summed E-state index contributed by atoms with van der Waals surface area (Å²) in [6.07, 6.45) is -0.859. The van der Waals surface area contributed by atoms with E-state index in [1.807, 2.05) is 6.92 Å². The van der Waals surface area contributed by atoms with Crippen LogP contribution in [0.25, 0.3) is 11.1 Å². The molecule has 0 unspecified atom stereocenters. The number of carbonyl (C=O) groups excluding carboxylic acids is 1. The van der Waals surface area contributed by atoms with Crippen molar-refractivity contribution in [2.45, 2.75) is 39.3 Å². The van der Waals surface area contributed by atoms with Crippen LogP contribution < -0.4 is 21.3 Å². The van der Waals surface area contributed by atoms with Gasteiger partial charge in [-0.3, -0.25) is 18.8 Å². The molecule has 0 aliphatic heterocycles. The molecule has 0 aliphatic carbocycles. The summed E-state index contributed by atoms with van der Waals surface area (Å²) in [4.78, 5) is 39.9. The van der Waals surface area contributed by atoms with Gasteiger partial charge >= 0.3 is 12.1 Å². The molecule has 0 saturated carbocycles. The number of carbonyl (C=O) groups is 1. The van der Waals surface area contributed by atoms with Gasteiger partial charge in [0.2, 0.25) is 0 Å². The van der Waals surface area contributed by atoms with Crippen molar-refractivity contribution in [2.75, 3.05) is 0 Å². The third-order valence-electron chi connectivity index (χ3n) is 5.60. The van der Waals surface area contributed by atoms with Gasteiger partial charge < -0.3 is 15.0 Å². The molecule has 9 nitrogen and oxygen atoms in total. The highest BCUT2D eigenvalue weighted by atomic mass is 19.4. The molecule has 4 aromatic rings. The van der Waals surface area contributed by atoms with Crippen LogP contribution in [0.3, 0.4) is 0 Å². The number of hydrogen-bond donors (Lipinski definition) is 2. The van der Waals surface area contributed by atoms with E-state index in [-0.39, 0.29) is 24.3 Å². The molecule has 0 fully saturated rings. The lowest BCUT2D eigenvalue weighted by Gasteiger charge is -2.15. The molecule has 0 saturated heterocycles. The third kappa shape index (κ3) is 6.58. The van der Waals surface area contributed by atoms with Crippen LogP contribution >= 0.6 is 0 Å². The van der Waals surface area contributed by atoms with Crippen molar-refractivity contribution in [1.82, 2.24) is 24.6 Å². The van der Waals surface area contributed by atoms with Crippen LogP contribution in [-0.4, -0.2) is 31.6 Å².